The molecule has 0 radical (unpaired) electrons. The predicted molar refractivity (Wildman–Crippen MR) is 49.7 cm³/mol. The summed E-state index contributed by atoms with van der Waals surface area (Å²) >= 11 is 11.2. The Morgan fingerprint density at radius 2 is 1.92 bits per heavy atom. The summed E-state index contributed by atoms with van der Waals surface area (Å²) in [5.74, 6) is 0.154. The second-order valence-electron chi connectivity index (χ2n) is 2.21. The topological polar surface area (TPSA) is 46.5 Å². The number of ether oxygens (including phenoxy) is 1. The van der Waals surface area contributed by atoms with Gasteiger partial charge in [-0.2, -0.15) is 0 Å². The van der Waals surface area contributed by atoms with Gasteiger partial charge in [0.1, 0.15) is 12.4 Å². The normalized spacial score (nSPS) is 9.69. The maximum absolute atomic E-state index is 9.97. The van der Waals surface area contributed by atoms with Gasteiger partial charge in [-0.05, 0) is 0 Å². The van der Waals surface area contributed by atoms with E-state index in [-0.39, 0.29) is 22.4 Å². The van der Waals surface area contributed by atoms with Gasteiger partial charge in [-0.15, -0.1) is 0 Å². The molecule has 3 nitrogen and oxygen atoms in total. The van der Waals surface area contributed by atoms with Crippen LogP contribution >= 0.6 is 23.2 Å². The molecule has 0 saturated heterocycles. The molecule has 0 saturated carbocycles. The van der Waals surface area contributed by atoms with Crippen molar-refractivity contribution in [3.8, 4) is 11.5 Å². The third-order valence-corrected chi connectivity index (χ3v) is 1.88. The third kappa shape index (κ3) is 2.50. The SMILES string of the molecule is O=CCOc1cc(Cl)c(O)c(Cl)c1. The van der Waals surface area contributed by atoms with E-state index in [1.165, 1.54) is 12.1 Å². The largest absolute Gasteiger partial charge is 0.505 e. The maximum atomic E-state index is 9.97. The molecule has 0 fully saturated rings. The van der Waals surface area contributed by atoms with Crippen LogP contribution in [0.5, 0.6) is 11.5 Å². The van der Waals surface area contributed by atoms with Crippen LogP contribution in [0.1, 0.15) is 0 Å². The molecule has 1 aromatic carbocycles. The van der Waals surface area contributed by atoms with Crippen molar-refractivity contribution in [1.82, 2.24) is 0 Å². The number of phenols is 1. The highest BCUT2D eigenvalue weighted by Crippen LogP contribution is 2.35. The number of aldehydes is 1. The molecule has 0 amide bonds. The van der Waals surface area contributed by atoms with E-state index in [9.17, 15) is 4.79 Å². The zero-order valence-corrected chi connectivity index (χ0v) is 7.97. The molecule has 1 rings (SSSR count). The Bertz CT molecular complexity index is 302. The first kappa shape index (κ1) is 10.2. The maximum Gasteiger partial charge on any atom is 0.157 e. The Labute approximate surface area is 84.8 Å². The van der Waals surface area contributed by atoms with E-state index in [1.807, 2.05) is 0 Å². The molecule has 5 heteroatoms. The lowest BCUT2D eigenvalue weighted by atomic mass is 10.3. The van der Waals surface area contributed by atoms with Gasteiger partial charge in [-0.1, -0.05) is 23.2 Å². The standard InChI is InChI=1S/C8H6Cl2O3/c9-6-3-5(13-2-1-11)4-7(10)8(6)12/h1,3-4,12H,2H2. The van der Waals surface area contributed by atoms with E-state index in [0.717, 1.165) is 0 Å². The van der Waals surface area contributed by atoms with Gasteiger partial charge in [0.2, 0.25) is 0 Å². The molecule has 0 aliphatic rings. The third-order valence-electron chi connectivity index (χ3n) is 1.31. The Kier molecular flexibility index (Phi) is 3.39. The van der Waals surface area contributed by atoms with E-state index in [4.69, 9.17) is 33.0 Å². The van der Waals surface area contributed by atoms with E-state index < -0.39 is 0 Å². The van der Waals surface area contributed by atoms with Gasteiger partial charge in [-0.25, -0.2) is 0 Å². The van der Waals surface area contributed by atoms with E-state index in [0.29, 0.717) is 12.0 Å². The van der Waals surface area contributed by atoms with E-state index in [1.54, 1.807) is 0 Å². The smallest absolute Gasteiger partial charge is 0.157 e. The van der Waals surface area contributed by atoms with E-state index in [2.05, 4.69) is 0 Å². The van der Waals surface area contributed by atoms with Crippen molar-refractivity contribution in [2.75, 3.05) is 6.61 Å². The minimum Gasteiger partial charge on any atom is -0.505 e. The quantitative estimate of drug-likeness (QED) is 0.796. The van der Waals surface area contributed by atoms with Crippen molar-refractivity contribution in [3.63, 3.8) is 0 Å². The predicted octanol–water partition coefficient (Wildman–Crippen LogP) is 2.28. The van der Waals surface area contributed by atoms with Crippen molar-refractivity contribution in [2.45, 2.75) is 0 Å². The highest BCUT2D eigenvalue weighted by atomic mass is 35.5. The second kappa shape index (κ2) is 4.35. The molecule has 13 heavy (non-hydrogen) atoms. The van der Waals surface area contributed by atoms with Crippen molar-refractivity contribution >= 4 is 29.5 Å². The van der Waals surface area contributed by atoms with Gasteiger partial charge in [0, 0.05) is 12.1 Å². The van der Waals surface area contributed by atoms with Gasteiger partial charge < -0.3 is 9.84 Å². The minimum atomic E-state index is -0.193. The number of hydrogen-bond donors (Lipinski definition) is 1. The monoisotopic (exact) mass is 220 g/mol. The number of carbonyl (C=O) groups excluding carboxylic acids is 1. The van der Waals surface area contributed by atoms with Crippen molar-refractivity contribution in [1.29, 1.82) is 0 Å². The van der Waals surface area contributed by atoms with Crippen molar-refractivity contribution in [3.05, 3.63) is 22.2 Å². The molecule has 0 unspecified atom stereocenters. The molecular formula is C8H6Cl2O3. The number of benzene rings is 1. The zero-order chi connectivity index (χ0) is 9.84. The van der Waals surface area contributed by atoms with Crippen LogP contribution in [0, 0.1) is 0 Å². The lowest BCUT2D eigenvalue weighted by Crippen LogP contribution is -1.97. The highest BCUT2D eigenvalue weighted by Gasteiger charge is 2.06. The number of halogens is 2. The van der Waals surface area contributed by atoms with Gasteiger partial charge in [0.05, 0.1) is 10.0 Å². The summed E-state index contributed by atoms with van der Waals surface area (Å²) < 4.78 is 4.92. The lowest BCUT2D eigenvalue weighted by Gasteiger charge is -2.05. The molecule has 0 aliphatic heterocycles. The van der Waals surface area contributed by atoms with Gasteiger partial charge in [0.25, 0.3) is 0 Å². The molecule has 0 aliphatic carbocycles. The van der Waals surface area contributed by atoms with Gasteiger partial charge in [-0.3, -0.25) is 4.79 Å². The number of phenolic OH excluding ortho intramolecular Hbond substituents is 1. The van der Waals surface area contributed by atoms with Crippen LogP contribution < -0.4 is 4.74 Å². The fourth-order valence-electron chi connectivity index (χ4n) is 0.756. The Hall–Kier alpha value is -0.930. The molecule has 0 aromatic heterocycles. The van der Waals surface area contributed by atoms with Crippen LogP contribution in [-0.4, -0.2) is 18.0 Å². The lowest BCUT2D eigenvalue weighted by molar-refractivity contribution is -0.109. The molecule has 1 aromatic rings. The summed E-state index contributed by atoms with van der Waals surface area (Å²) in [4.78, 5) is 9.97. The average Bonchev–Trinajstić information content (AvgIpc) is 2.10. The number of aromatic hydroxyl groups is 1. The Morgan fingerprint density at radius 3 is 2.38 bits per heavy atom. The van der Waals surface area contributed by atoms with Crippen LogP contribution in [0.3, 0.4) is 0 Å². The molecular weight excluding hydrogens is 215 g/mol. The van der Waals surface area contributed by atoms with Crippen LogP contribution in [0.15, 0.2) is 12.1 Å². The fourth-order valence-corrected chi connectivity index (χ4v) is 1.22. The number of hydrogen-bond acceptors (Lipinski definition) is 3. The number of carbonyl (C=O) groups is 1. The molecule has 70 valence electrons. The molecule has 0 bridgehead atoms. The summed E-state index contributed by atoms with van der Waals surface area (Å²) in [6.07, 6.45) is 0.606. The van der Waals surface area contributed by atoms with Crippen LogP contribution in [-0.2, 0) is 4.79 Å². The second-order valence-corrected chi connectivity index (χ2v) is 3.03. The molecule has 0 atom stereocenters. The highest BCUT2D eigenvalue weighted by molar-refractivity contribution is 6.37. The average molecular weight is 221 g/mol. The van der Waals surface area contributed by atoms with Crippen molar-refractivity contribution < 1.29 is 14.6 Å². The Morgan fingerprint density at radius 1 is 1.38 bits per heavy atom. The van der Waals surface area contributed by atoms with Gasteiger partial charge >= 0.3 is 0 Å². The summed E-state index contributed by atoms with van der Waals surface area (Å²) in [5, 5.41) is 9.35. The zero-order valence-electron chi connectivity index (χ0n) is 6.46. The first-order valence-corrected chi connectivity index (χ1v) is 4.15. The van der Waals surface area contributed by atoms with Crippen LogP contribution in [0.4, 0.5) is 0 Å². The molecule has 0 spiro atoms. The first-order valence-electron chi connectivity index (χ1n) is 3.39. The number of rotatable bonds is 3. The fraction of sp³-hybridized carbons (Fsp3) is 0.125. The van der Waals surface area contributed by atoms with E-state index >= 15 is 0 Å². The summed E-state index contributed by atoms with van der Waals surface area (Å²) in [6.45, 7) is -0.0720. The summed E-state index contributed by atoms with van der Waals surface area (Å²) in [6, 6.07) is 2.76. The minimum absolute atomic E-state index is 0.0720. The Balaban J connectivity index is 2.92. The van der Waals surface area contributed by atoms with Gasteiger partial charge in [0.15, 0.2) is 12.0 Å². The first-order chi connectivity index (χ1) is 6.15. The summed E-state index contributed by atoms with van der Waals surface area (Å²) in [5.41, 5.74) is 0. The van der Waals surface area contributed by atoms with Crippen LogP contribution in [0.2, 0.25) is 10.0 Å². The molecule has 1 N–H and O–H groups in total. The molecule has 0 heterocycles. The summed E-state index contributed by atoms with van der Waals surface area (Å²) in [7, 11) is 0. The van der Waals surface area contributed by atoms with Crippen LogP contribution in [0.25, 0.3) is 0 Å². The van der Waals surface area contributed by atoms with Crippen molar-refractivity contribution in [2.24, 2.45) is 0 Å².